The highest BCUT2D eigenvalue weighted by molar-refractivity contribution is 5.85. The van der Waals surface area contributed by atoms with Crippen LogP contribution >= 0.6 is 12.4 Å². The predicted molar refractivity (Wildman–Crippen MR) is 46.0 cm³/mol. The Balaban J connectivity index is 0.000000845. The molecule has 2 bridgehead atoms. The monoisotopic (exact) mass is 215 g/mol. The van der Waals surface area contributed by atoms with Crippen LogP contribution in [-0.2, 0) is 0 Å². The Morgan fingerprint density at radius 2 is 1.46 bits per heavy atom. The molecule has 0 amide bonds. The van der Waals surface area contributed by atoms with Crippen LogP contribution in [0.25, 0.3) is 0 Å². The van der Waals surface area contributed by atoms with Crippen LogP contribution in [0.3, 0.4) is 0 Å². The molecular weight excluding hydrogens is 203 g/mol. The van der Waals surface area contributed by atoms with E-state index in [1.54, 1.807) is 0 Å². The van der Waals surface area contributed by atoms with E-state index in [0.29, 0.717) is 12.8 Å². The van der Waals surface area contributed by atoms with Gasteiger partial charge >= 0.3 is 6.18 Å². The number of nitrogens with one attached hydrogen (secondary N) is 1. The smallest absolute Gasteiger partial charge is 0.311 e. The molecular formula is C8H13ClF3N. The fourth-order valence-electron chi connectivity index (χ4n) is 2.32. The van der Waals surface area contributed by atoms with Crippen molar-refractivity contribution >= 4 is 12.4 Å². The summed E-state index contributed by atoms with van der Waals surface area (Å²) in [5.74, 6) is -1.05. The van der Waals surface area contributed by atoms with Gasteiger partial charge in [0.05, 0.1) is 5.92 Å². The zero-order chi connectivity index (χ0) is 8.77. The molecule has 1 nitrogen and oxygen atoms in total. The number of rotatable bonds is 0. The second-order valence-electron chi connectivity index (χ2n) is 3.85. The number of halogens is 4. The predicted octanol–water partition coefficient (Wildman–Crippen LogP) is 2.50. The molecule has 2 unspecified atom stereocenters. The van der Waals surface area contributed by atoms with Crippen molar-refractivity contribution in [2.24, 2.45) is 5.92 Å². The Kier molecular flexibility index (Phi) is 3.12. The standard InChI is InChI=1S/C8H12F3N.ClH/c9-8(10,11)5-3-6-1-2-7(4-5)12-6;/h5-7,12H,1-4H2;1H. The average molecular weight is 216 g/mol. The number of hydrogen-bond acceptors (Lipinski definition) is 1. The van der Waals surface area contributed by atoms with Gasteiger partial charge < -0.3 is 5.32 Å². The molecule has 0 aromatic carbocycles. The maximum absolute atomic E-state index is 12.3. The van der Waals surface area contributed by atoms with Gasteiger partial charge in [0.25, 0.3) is 0 Å². The van der Waals surface area contributed by atoms with Gasteiger partial charge in [-0.15, -0.1) is 12.4 Å². The van der Waals surface area contributed by atoms with E-state index < -0.39 is 12.1 Å². The summed E-state index contributed by atoms with van der Waals surface area (Å²) < 4.78 is 36.9. The molecule has 0 aromatic heterocycles. The van der Waals surface area contributed by atoms with Crippen LogP contribution in [0.1, 0.15) is 25.7 Å². The summed E-state index contributed by atoms with van der Waals surface area (Å²) in [7, 11) is 0. The number of hydrogen-bond donors (Lipinski definition) is 1. The van der Waals surface area contributed by atoms with E-state index in [0.717, 1.165) is 12.8 Å². The lowest BCUT2D eigenvalue weighted by atomic mass is 9.92. The van der Waals surface area contributed by atoms with Gasteiger partial charge in [0.15, 0.2) is 0 Å². The Morgan fingerprint density at radius 3 is 1.85 bits per heavy atom. The third-order valence-corrected chi connectivity index (χ3v) is 2.94. The van der Waals surface area contributed by atoms with Gasteiger partial charge in [-0.1, -0.05) is 0 Å². The van der Waals surface area contributed by atoms with Crippen molar-refractivity contribution in [2.75, 3.05) is 0 Å². The van der Waals surface area contributed by atoms with Crippen LogP contribution in [0.15, 0.2) is 0 Å². The molecule has 0 aromatic rings. The maximum atomic E-state index is 12.3. The van der Waals surface area contributed by atoms with Crippen molar-refractivity contribution < 1.29 is 13.2 Å². The second-order valence-corrected chi connectivity index (χ2v) is 3.85. The molecule has 2 saturated heterocycles. The van der Waals surface area contributed by atoms with E-state index >= 15 is 0 Å². The molecule has 2 atom stereocenters. The van der Waals surface area contributed by atoms with Gasteiger partial charge in [-0.05, 0) is 25.7 Å². The fourth-order valence-corrected chi connectivity index (χ4v) is 2.32. The molecule has 1 N–H and O–H groups in total. The zero-order valence-corrected chi connectivity index (χ0v) is 7.92. The summed E-state index contributed by atoms with van der Waals surface area (Å²) >= 11 is 0. The van der Waals surface area contributed by atoms with E-state index in [4.69, 9.17) is 0 Å². The Labute approximate surface area is 81.5 Å². The SMILES string of the molecule is Cl.FC(F)(F)C1CC2CCC(C1)N2. The molecule has 0 radical (unpaired) electrons. The molecule has 0 spiro atoms. The molecule has 2 rings (SSSR count). The Bertz CT molecular complexity index is 171. The molecule has 0 aliphatic carbocycles. The van der Waals surface area contributed by atoms with E-state index in [1.165, 1.54) is 0 Å². The van der Waals surface area contributed by atoms with Crippen LogP contribution in [0.4, 0.5) is 13.2 Å². The summed E-state index contributed by atoms with van der Waals surface area (Å²) in [6.45, 7) is 0. The van der Waals surface area contributed by atoms with Crippen molar-refractivity contribution in [3.8, 4) is 0 Å². The van der Waals surface area contributed by atoms with Crippen LogP contribution in [0.2, 0.25) is 0 Å². The van der Waals surface area contributed by atoms with Crippen molar-refractivity contribution in [1.29, 1.82) is 0 Å². The summed E-state index contributed by atoms with van der Waals surface area (Å²) in [6, 6.07) is 0.269. The number of fused-ring (bicyclic) bond motifs is 2. The van der Waals surface area contributed by atoms with Gasteiger partial charge in [-0.3, -0.25) is 0 Å². The van der Waals surface area contributed by atoms with E-state index in [1.807, 2.05) is 0 Å². The molecule has 78 valence electrons. The van der Waals surface area contributed by atoms with Crippen molar-refractivity contribution in [2.45, 2.75) is 43.9 Å². The third kappa shape index (κ3) is 2.29. The van der Waals surface area contributed by atoms with Gasteiger partial charge in [0.1, 0.15) is 0 Å². The van der Waals surface area contributed by atoms with E-state index in [-0.39, 0.29) is 24.5 Å². The van der Waals surface area contributed by atoms with Gasteiger partial charge in [0.2, 0.25) is 0 Å². The first kappa shape index (κ1) is 11.1. The number of alkyl halides is 3. The van der Waals surface area contributed by atoms with Crippen molar-refractivity contribution in [3.05, 3.63) is 0 Å². The Hall–Kier alpha value is 0.0400. The lowest BCUT2D eigenvalue weighted by Crippen LogP contribution is -2.42. The molecule has 2 heterocycles. The minimum absolute atomic E-state index is 0. The summed E-state index contributed by atoms with van der Waals surface area (Å²) in [4.78, 5) is 0. The molecule has 13 heavy (non-hydrogen) atoms. The van der Waals surface area contributed by atoms with E-state index in [9.17, 15) is 13.2 Å². The quantitative estimate of drug-likeness (QED) is 0.655. The van der Waals surface area contributed by atoms with Crippen molar-refractivity contribution in [1.82, 2.24) is 5.32 Å². The van der Waals surface area contributed by atoms with Gasteiger partial charge in [-0.2, -0.15) is 13.2 Å². The largest absolute Gasteiger partial charge is 0.391 e. The molecule has 5 heteroatoms. The highest BCUT2D eigenvalue weighted by Gasteiger charge is 2.46. The van der Waals surface area contributed by atoms with Crippen LogP contribution in [-0.4, -0.2) is 18.3 Å². The minimum Gasteiger partial charge on any atom is -0.311 e. The second kappa shape index (κ2) is 3.65. The first-order valence-corrected chi connectivity index (χ1v) is 4.38. The first-order valence-electron chi connectivity index (χ1n) is 4.38. The average Bonchev–Trinajstić information content (AvgIpc) is 2.28. The summed E-state index contributed by atoms with van der Waals surface area (Å²) in [5.41, 5.74) is 0. The van der Waals surface area contributed by atoms with Gasteiger partial charge in [0, 0.05) is 12.1 Å². The summed E-state index contributed by atoms with van der Waals surface area (Å²) in [6.07, 6.45) is -1.53. The number of piperidine rings is 1. The topological polar surface area (TPSA) is 12.0 Å². The maximum Gasteiger partial charge on any atom is 0.391 e. The lowest BCUT2D eigenvalue weighted by molar-refractivity contribution is -0.183. The van der Waals surface area contributed by atoms with E-state index in [2.05, 4.69) is 5.32 Å². The van der Waals surface area contributed by atoms with Crippen LogP contribution in [0.5, 0.6) is 0 Å². The van der Waals surface area contributed by atoms with Gasteiger partial charge in [-0.25, -0.2) is 0 Å². The highest BCUT2D eigenvalue weighted by Crippen LogP contribution is 2.40. The minimum atomic E-state index is -3.97. The Morgan fingerprint density at radius 1 is 1.00 bits per heavy atom. The van der Waals surface area contributed by atoms with Crippen LogP contribution < -0.4 is 5.32 Å². The summed E-state index contributed by atoms with van der Waals surface area (Å²) in [5, 5.41) is 3.19. The first-order chi connectivity index (χ1) is 5.55. The fraction of sp³-hybridized carbons (Fsp3) is 1.00. The zero-order valence-electron chi connectivity index (χ0n) is 7.10. The normalized spacial score (nSPS) is 38.5. The molecule has 0 saturated carbocycles. The highest BCUT2D eigenvalue weighted by atomic mass is 35.5. The van der Waals surface area contributed by atoms with Crippen molar-refractivity contribution in [3.63, 3.8) is 0 Å². The lowest BCUT2D eigenvalue weighted by Gasteiger charge is -2.30. The third-order valence-electron chi connectivity index (χ3n) is 2.94. The van der Waals surface area contributed by atoms with Crippen LogP contribution in [0, 0.1) is 5.92 Å². The molecule has 2 aliphatic rings. The molecule has 2 fully saturated rings. The molecule has 2 aliphatic heterocycles.